The van der Waals surface area contributed by atoms with Gasteiger partial charge in [0.25, 0.3) is 0 Å². The molecule has 0 amide bonds. The number of hydrogen-bond acceptors (Lipinski definition) is 3. The third-order valence-electron chi connectivity index (χ3n) is 1.62. The number of anilines is 1. The summed E-state index contributed by atoms with van der Waals surface area (Å²) in [7, 11) is 0. The van der Waals surface area contributed by atoms with Crippen molar-refractivity contribution in [3.63, 3.8) is 0 Å². The van der Waals surface area contributed by atoms with E-state index in [9.17, 15) is 0 Å². The molecule has 12 heavy (non-hydrogen) atoms. The number of nitriles is 1. The molecule has 0 spiro atoms. The Labute approximate surface area is 79.3 Å². The van der Waals surface area contributed by atoms with E-state index in [-0.39, 0.29) is 0 Å². The molecule has 0 fully saturated rings. The Hall–Kier alpha value is -1.08. The van der Waals surface area contributed by atoms with Crippen molar-refractivity contribution in [2.45, 2.75) is 13.3 Å². The van der Waals surface area contributed by atoms with Crippen LogP contribution in [0.2, 0.25) is 0 Å². The van der Waals surface area contributed by atoms with Gasteiger partial charge in [-0.05, 0) is 27.9 Å². The summed E-state index contributed by atoms with van der Waals surface area (Å²) >= 11 is 3.29. The van der Waals surface area contributed by atoms with Crippen LogP contribution in [0.15, 0.2) is 10.7 Å². The van der Waals surface area contributed by atoms with Gasteiger partial charge in [-0.3, -0.25) is 0 Å². The van der Waals surface area contributed by atoms with Crippen molar-refractivity contribution in [1.29, 1.82) is 5.26 Å². The highest BCUT2D eigenvalue weighted by molar-refractivity contribution is 9.10. The monoisotopic (exact) mass is 225 g/mol. The van der Waals surface area contributed by atoms with Gasteiger partial charge < -0.3 is 5.73 Å². The topological polar surface area (TPSA) is 62.7 Å². The lowest BCUT2D eigenvalue weighted by molar-refractivity contribution is 1.09. The zero-order chi connectivity index (χ0) is 9.14. The molecule has 2 N–H and O–H groups in total. The van der Waals surface area contributed by atoms with Gasteiger partial charge in [-0.2, -0.15) is 5.26 Å². The fourth-order valence-corrected chi connectivity index (χ4v) is 1.58. The van der Waals surface area contributed by atoms with Crippen LogP contribution in [-0.4, -0.2) is 4.98 Å². The number of aromatic nitrogens is 1. The summed E-state index contributed by atoms with van der Waals surface area (Å²) in [6.45, 7) is 1.97. The largest absolute Gasteiger partial charge is 0.383 e. The average Bonchev–Trinajstić information content (AvgIpc) is 2.09. The van der Waals surface area contributed by atoms with Crippen molar-refractivity contribution < 1.29 is 0 Å². The first-order chi connectivity index (χ1) is 5.70. The summed E-state index contributed by atoms with van der Waals surface area (Å²) in [6, 6.07) is 2.07. The van der Waals surface area contributed by atoms with Crippen LogP contribution < -0.4 is 5.73 Å². The van der Waals surface area contributed by atoms with Crippen molar-refractivity contribution in [3.8, 4) is 6.07 Å². The number of halogens is 1. The van der Waals surface area contributed by atoms with Gasteiger partial charge in [-0.25, -0.2) is 4.98 Å². The highest BCUT2D eigenvalue weighted by Crippen LogP contribution is 2.24. The Morgan fingerprint density at radius 2 is 2.42 bits per heavy atom. The van der Waals surface area contributed by atoms with E-state index < -0.39 is 0 Å². The average molecular weight is 226 g/mol. The molecular formula is C8H8BrN3. The van der Waals surface area contributed by atoms with E-state index in [1.54, 1.807) is 0 Å². The fourth-order valence-electron chi connectivity index (χ4n) is 0.984. The van der Waals surface area contributed by atoms with Crippen LogP contribution in [0, 0.1) is 11.3 Å². The van der Waals surface area contributed by atoms with Crippen molar-refractivity contribution in [2.75, 3.05) is 5.73 Å². The molecule has 1 aromatic heterocycles. The van der Waals surface area contributed by atoms with Crippen LogP contribution in [0.5, 0.6) is 0 Å². The highest BCUT2D eigenvalue weighted by atomic mass is 79.9. The van der Waals surface area contributed by atoms with Crippen molar-refractivity contribution in [3.05, 3.63) is 21.8 Å². The normalized spacial score (nSPS) is 9.42. The van der Waals surface area contributed by atoms with E-state index in [2.05, 4.69) is 27.0 Å². The lowest BCUT2D eigenvalue weighted by atomic mass is 10.1. The Morgan fingerprint density at radius 1 is 1.75 bits per heavy atom. The molecule has 4 heteroatoms. The Balaban J connectivity index is 3.38. The number of nitrogens with two attached hydrogens (primary N) is 1. The summed E-state index contributed by atoms with van der Waals surface area (Å²) in [5, 5.41) is 8.71. The molecule has 3 nitrogen and oxygen atoms in total. The quantitative estimate of drug-likeness (QED) is 0.794. The van der Waals surface area contributed by atoms with Crippen LogP contribution in [0.1, 0.15) is 18.1 Å². The number of rotatable bonds is 1. The number of pyridine rings is 1. The first kappa shape index (κ1) is 9.01. The molecule has 0 aromatic carbocycles. The van der Waals surface area contributed by atoms with Gasteiger partial charge in [0.05, 0.1) is 10.0 Å². The van der Waals surface area contributed by atoms with Crippen LogP contribution in [0.3, 0.4) is 0 Å². The zero-order valence-electron chi connectivity index (χ0n) is 6.63. The van der Waals surface area contributed by atoms with E-state index in [0.717, 1.165) is 16.5 Å². The summed E-state index contributed by atoms with van der Waals surface area (Å²) in [4.78, 5) is 3.87. The first-order valence-electron chi connectivity index (χ1n) is 3.53. The van der Waals surface area contributed by atoms with Gasteiger partial charge >= 0.3 is 0 Å². The number of nitrogen functional groups attached to an aromatic ring is 1. The van der Waals surface area contributed by atoms with E-state index in [4.69, 9.17) is 11.0 Å². The second-order valence-corrected chi connectivity index (χ2v) is 3.11. The predicted octanol–water partition coefficient (Wildman–Crippen LogP) is 1.86. The van der Waals surface area contributed by atoms with Gasteiger partial charge in [-0.1, -0.05) is 6.92 Å². The Morgan fingerprint density at radius 3 is 2.92 bits per heavy atom. The van der Waals surface area contributed by atoms with Crippen molar-refractivity contribution in [2.24, 2.45) is 0 Å². The summed E-state index contributed by atoms with van der Waals surface area (Å²) in [5.41, 5.74) is 7.06. The molecule has 0 radical (unpaired) electrons. The molecule has 0 unspecified atom stereocenters. The Bertz CT molecular complexity index is 341. The van der Waals surface area contributed by atoms with E-state index >= 15 is 0 Å². The summed E-state index contributed by atoms with van der Waals surface area (Å²) in [6.07, 6.45) is 2.27. The second-order valence-electron chi connectivity index (χ2n) is 2.32. The van der Waals surface area contributed by atoms with Crippen LogP contribution in [-0.2, 0) is 6.42 Å². The highest BCUT2D eigenvalue weighted by Gasteiger charge is 2.07. The van der Waals surface area contributed by atoms with E-state index in [1.807, 2.05) is 6.92 Å². The Kier molecular flexibility index (Phi) is 2.66. The van der Waals surface area contributed by atoms with Gasteiger partial charge in [0.15, 0.2) is 0 Å². The molecule has 0 atom stereocenters. The van der Waals surface area contributed by atoms with Crippen LogP contribution >= 0.6 is 15.9 Å². The first-order valence-corrected chi connectivity index (χ1v) is 4.33. The molecular weight excluding hydrogens is 218 g/mol. The molecule has 1 heterocycles. The number of nitrogens with zero attached hydrogens (tertiary/aromatic N) is 2. The summed E-state index contributed by atoms with van der Waals surface area (Å²) in [5.74, 6) is 0.436. The molecule has 1 rings (SSSR count). The van der Waals surface area contributed by atoms with Crippen molar-refractivity contribution >= 4 is 21.7 Å². The molecule has 0 aliphatic rings. The molecule has 0 saturated heterocycles. The lowest BCUT2D eigenvalue weighted by Crippen LogP contribution is -1.98. The van der Waals surface area contributed by atoms with E-state index in [1.165, 1.54) is 6.20 Å². The smallest absolute Gasteiger partial charge is 0.138 e. The maximum absolute atomic E-state index is 8.71. The fraction of sp³-hybridized carbons (Fsp3) is 0.250. The van der Waals surface area contributed by atoms with Crippen LogP contribution in [0.4, 0.5) is 5.82 Å². The molecule has 0 saturated carbocycles. The maximum Gasteiger partial charge on any atom is 0.138 e. The second kappa shape index (κ2) is 3.55. The van der Waals surface area contributed by atoms with Gasteiger partial charge in [-0.15, -0.1) is 0 Å². The molecule has 62 valence electrons. The standard InChI is InChI=1S/C8H8BrN3/c1-2-6-5(3-10)4-12-8(11)7(6)9/h4H,2H2,1H3,(H2,11,12). The van der Waals surface area contributed by atoms with Gasteiger partial charge in [0.1, 0.15) is 11.9 Å². The zero-order valence-corrected chi connectivity index (χ0v) is 8.22. The SMILES string of the molecule is CCc1c(C#N)cnc(N)c1Br. The minimum atomic E-state index is 0.436. The molecule has 0 aliphatic carbocycles. The predicted molar refractivity (Wildman–Crippen MR) is 50.4 cm³/mol. The van der Waals surface area contributed by atoms with Crippen LogP contribution in [0.25, 0.3) is 0 Å². The van der Waals surface area contributed by atoms with E-state index in [0.29, 0.717) is 11.4 Å². The third kappa shape index (κ3) is 1.41. The molecule has 1 aromatic rings. The van der Waals surface area contributed by atoms with Gasteiger partial charge in [0, 0.05) is 6.20 Å². The van der Waals surface area contributed by atoms with Gasteiger partial charge in [0.2, 0.25) is 0 Å². The third-order valence-corrected chi connectivity index (χ3v) is 2.51. The maximum atomic E-state index is 8.71. The molecule has 0 bridgehead atoms. The minimum absolute atomic E-state index is 0.436. The molecule has 0 aliphatic heterocycles. The number of hydrogen-bond donors (Lipinski definition) is 1. The lowest BCUT2D eigenvalue weighted by Gasteiger charge is -2.04. The minimum Gasteiger partial charge on any atom is -0.383 e. The van der Waals surface area contributed by atoms with Crippen molar-refractivity contribution in [1.82, 2.24) is 4.98 Å². The summed E-state index contributed by atoms with van der Waals surface area (Å²) < 4.78 is 0.740.